The minimum Gasteiger partial charge on any atom is -0.469 e. The minimum atomic E-state index is -4.73. The van der Waals surface area contributed by atoms with Crippen LogP contribution in [0.3, 0.4) is 0 Å². The zero-order valence-corrected chi connectivity index (χ0v) is 9.12. The van der Waals surface area contributed by atoms with Crippen molar-refractivity contribution in [3.05, 3.63) is 35.9 Å². The van der Waals surface area contributed by atoms with Crippen LogP contribution in [0.1, 0.15) is 12.0 Å². The molecule has 0 amide bonds. The van der Waals surface area contributed by atoms with Gasteiger partial charge in [-0.1, -0.05) is 30.3 Å². The predicted octanol–water partition coefficient (Wildman–Crippen LogP) is 1.97. The average molecular weight is 247 g/mol. The molecular formula is C11H12F3NO2. The molecule has 0 bridgehead atoms. The van der Waals surface area contributed by atoms with Crippen molar-refractivity contribution in [3.63, 3.8) is 0 Å². The second kappa shape index (κ2) is 4.75. The predicted molar refractivity (Wildman–Crippen MR) is 55.0 cm³/mol. The molecule has 1 rings (SSSR count). The van der Waals surface area contributed by atoms with E-state index < -0.39 is 24.1 Å². The van der Waals surface area contributed by atoms with Gasteiger partial charge in [0, 0.05) is 0 Å². The molecule has 0 aliphatic heterocycles. The molecule has 1 aromatic carbocycles. The molecule has 1 atom stereocenters. The van der Waals surface area contributed by atoms with E-state index in [0.717, 1.165) is 7.11 Å². The largest absolute Gasteiger partial charge is 0.469 e. The smallest absolute Gasteiger partial charge is 0.411 e. The van der Waals surface area contributed by atoms with Crippen LogP contribution in [0.2, 0.25) is 0 Å². The maximum atomic E-state index is 13.0. The van der Waals surface area contributed by atoms with E-state index in [9.17, 15) is 18.0 Å². The van der Waals surface area contributed by atoms with Gasteiger partial charge in [-0.2, -0.15) is 13.2 Å². The number of halogens is 3. The van der Waals surface area contributed by atoms with E-state index >= 15 is 0 Å². The van der Waals surface area contributed by atoms with Crippen molar-refractivity contribution in [2.45, 2.75) is 18.1 Å². The molecule has 0 fully saturated rings. The summed E-state index contributed by atoms with van der Waals surface area (Å²) in [6.07, 6.45) is -5.68. The molecule has 0 aliphatic rings. The van der Waals surface area contributed by atoms with Gasteiger partial charge in [-0.15, -0.1) is 0 Å². The van der Waals surface area contributed by atoms with E-state index in [2.05, 4.69) is 4.74 Å². The summed E-state index contributed by atoms with van der Waals surface area (Å²) in [6.45, 7) is 0. The van der Waals surface area contributed by atoms with Gasteiger partial charge < -0.3 is 10.5 Å². The Morgan fingerprint density at radius 3 is 2.24 bits per heavy atom. The number of carbonyl (C=O) groups excluding carboxylic acids is 1. The summed E-state index contributed by atoms with van der Waals surface area (Å²) in [5.41, 5.74) is 2.46. The number of carbonyl (C=O) groups is 1. The van der Waals surface area contributed by atoms with E-state index in [1.165, 1.54) is 24.3 Å². The molecule has 0 aliphatic carbocycles. The normalized spacial score (nSPS) is 15.1. The Morgan fingerprint density at radius 1 is 1.29 bits per heavy atom. The zero-order valence-electron chi connectivity index (χ0n) is 9.12. The molecule has 3 nitrogen and oxygen atoms in total. The van der Waals surface area contributed by atoms with Gasteiger partial charge in [0.2, 0.25) is 0 Å². The SMILES string of the molecule is COC(=O)C[C@@](N)(c1ccccc1)C(F)(F)F. The Kier molecular flexibility index (Phi) is 3.77. The van der Waals surface area contributed by atoms with Gasteiger partial charge in [0.05, 0.1) is 13.5 Å². The van der Waals surface area contributed by atoms with Crippen LogP contribution in [0.4, 0.5) is 13.2 Å². The van der Waals surface area contributed by atoms with Crippen molar-refractivity contribution in [1.82, 2.24) is 0 Å². The van der Waals surface area contributed by atoms with Crippen LogP contribution >= 0.6 is 0 Å². The fourth-order valence-electron chi connectivity index (χ4n) is 1.40. The highest BCUT2D eigenvalue weighted by Gasteiger charge is 2.54. The van der Waals surface area contributed by atoms with Crippen LogP contribution in [0, 0.1) is 0 Å². The van der Waals surface area contributed by atoms with Crippen molar-refractivity contribution in [1.29, 1.82) is 0 Å². The highest BCUT2D eigenvalue weighted by atomic mass is 19.4. The molecule has 0 aromatic heterocycles. The summed E-state index contributed by atoms with van der Waals surface area (Å²) < 4.78 is 43.1. The van der Waals surface area contributed by atoms with Crippen molar-refractivity contribution < 1.29 is 22.7 Å². The first kappa shape index (κ1) is 13.5. The third kappa shape index (κ3) is 2.76. The van der Waals surface area contributed by atoms with E-state index in [1.54, 1.807) is 6.07 Å². The first-order valence-corrected chi connectivity index (χ1v) is 4.79. The molecule has 6 heteroatoms. The van der Waals surface area contributed by atoms with Crippen LogP contribution in [0.15, 0.2) is 30.3 Å². The van der Waals surface area contributed by atoms with Crippen LogP contribution in [-0.2, 0) is 15.1 Å². The second-order valence-electron chi connectivity index (χ2n) is 3.59. The number of hydrogen-bond acceptors (Lipinski definition) is 3. The lowest BCUT2D eigenvalue weighted by Crippen LogP contribution is -2.52. The molecule has 0 saturated carbocycles. The number of rotatable bonds is 3. The van der Waals surface area contributed by atoms with Crippen molar-refractivity contribution >= 4 is 5.97 Å². The van der Waals surface area contributed by atoms with Crippen molar-refractivity contribution in [2.24, 2.45) is 5.73 Å². The Hall–Kier alpha value is -1.56. The highest BCUT2D eigenvalue weighted by molar-refractivity contribution is 5.71. The minimum absolute atomic E-state index is 0.169. The van der Waals surface area contributed by atoms with Gasteiger partial charge in [0.15, 0.2) is 0 Å². The van der Waals surface area contributed by atoms with Crippen molar-refractivity contribution in [3.8, 4) is 0 Å². The van der Waals surface area contributed by atoms with Gasteiger partial charge >= 0.3 is 12.1 Å². The fraction of sp³-hybridized carbons (Fsp3) is 0.364. The number of hydrogen-bond donors (Lipinski definition) is 1. The van der Waals surface area contributed by atoms with Gasteiger partial charge in [0.25, 0.3) is 0 Å². The monoisotopic (exact) mass is 247 g/mol. The molecule has 94 valence electrons. The number of alkyl halides is 3. The standard InChI is InChI=1S/C11H12F3NO2/c1-17-9(16)7-10(15,11(12,13)14)8-5-3-2-4-6-8/h2-6H,7,15H2,1H3/t10-/m1/s1. The number of ether oxygens (including phenoxy) is 1. The van der Waals surface area contributed by atoms with Crippen LogP contribution < -0.4 is 5.73 Å². The third-order valence-electron chi connectivity index (χ3n) is 2.45. The maximum absolute atomic E-state index is 13.0. The lowest BCUT2D eigenvalue weighted by Gasteiger charge is -2.31. The number of esters is 1. The van der Waals surface area contributed by atoms with E-state index in [4.69, 9.17) is 5.73 Å². The Bertz CT molecular complexity index is 391. The topological polar surface area (TPSA) is 52.3 Å². The van der Waals surface area contributed by atoms with E-state index in [1.807, 2.05) is 0 Å². The Morgan fingerprint density at radius 2 is 1.82 bits per heavy atom. The molecule has 0 unspecified atom stereocenters. The van der Waals surface area contributed by atoms with Gasteiger partial charge in [0.1, 0.15) is 5.54 Å². The first-order chi connectivity index (χ1) is 7.81. The molecule has 0 heterocycles. The summed E-state index contributed by atoms with van der Waals surface area (Å²) in [7, 11) is 1.02. The summed E-state index contributed by atoms with van der Waals surface area (Å²) in [4.78, 5) is 11.0. The molecule has 0 spiro atoms. The Balaban J connectivity index is 3.16. The van der Waals surface area contributed by atoms with Gasteiger partial charge in [-0.3, -0.25) is 4.79 Å². The van der Waals surface area contributed by atoms with Crippen LogP contribution in [-0.4, -0.2) is 19.3 Å². The Labute approximate surface area is 96.4 Å². The van der Waals surface area contributed by atoms with E-state index in [0.29, 0.717) is 0 Å². The first-order valence-electron chi connectivity index (χ1n) is 4.79. The number of benzene rings is 1. The number of nitrogens with two attached hydrogens (primary N) is 1. The molecule has 17 heavy (non-hydrogen) atoms. The maximum Gasteiger partial charge on any atom is 0.411 e. The molecule has 0 saturated heterocycles. The van der Waals surface area contributed by atoms with Crippen molar-refractivity contribution in [2.75, 3.05) is 7.11 Å². The lowest BCUT2D eigenvalue weighted by atomic mass is 9.87. The summed E-state index contributed by atoms with van der Waals surface area (Å²) in [5, 5.41) is 0. The van der Waals surface area contributed by atoms with Gasteiger partial charge in [-0.25, -0.2) is 0 Å². The lowest BCUT2D eigenvalue weighted by molar-refractivity contribution is -0.197. The number of methoxy groups -OCH3 is 1. The van der Waals surface area contributed by atoms with Crippen LogP contribution in [0.25, 0.3) is 0 Å². The third-order valence-corrected chi connectivity index (χ3v) is 2.45. The van der Waals surface area contributed by atoms with E-state index in [-0.39, 0.29) is 5.56 Å². The molecular weight excluding hydrogens is 235 g/mol. The molecule has 2 N–H and O–H groups in total. The highest BCUT2D eigenvalue weighted by Crippen LogP contribution is 2.39. The molecule has 1 aromatic rings. The quantitative estimate of drug-likeness (QED) is 0.831. The average Bonchev–Trinajstić information content (AvgIpc) is 2.28. The summed E-state index contributed by atoms with van der Waals surface area (Å²) in [5.74, 6) is -1.01. The van der Waals surface area contributed by atoms with Crippen LogP contribution in [0.5, 0.6) is 0 Å². The zero-order chi connectivity index (χ0) is 13.1. The molecule has 0 radical (unpaired) electrons. The fourth-order valence-corrected chi connectivity index (χ4v) is 1.40. The summed E-state index contributed by atoms with van der Waals surface area (Å²) >= 11 is 0. The summed E-state index contributed by atoms with van der Waals surface area (Å²) in [6, 6.07) is 6.89. The van der Waals surface area contributed by atoms with Gasteiger partial charge in [-0.05, 0) is 5.56 Å². The second-order valence-corrected chi connectivity index (χ2v) is 3.59.